The van der Waals surface area contributed by atoms with Crippen LogP contribution in [0.2, 0.25) is 5.15 Å². The first-order valence-corrected chi connectivity index (χ1v) is 9.07. The molecule has 2 aromatic carbocycles. The van der Waals surface area contributed by atoms with Gasteiger partial charge in [-0.1, -0.05) is 29.8 Å². The Morgan fingerprint density at radius 1 is 1.10 bits per heavy atom. The minimum absolute atomic E-state index is 0.121. The molecule has 1 atom stereocenters. The lowest BCUT2D eigenvalue weighted by molar-refractivity contribution is -0.128. The molecule has 0 saturated heterocycles. The van der Waals surface area contributed by atoms with Crippen LogP contribution in [0, 0.1) is 12.7 Å². The Labute approximate surface area is 171 Å². The molecular weight excluding hydrogens is 399 g/mol. The third kappa shape index (κ3) is 4.72. The Kier molecular flexibility index (Phi) is 6.13. The van der Waals surface area contributed by atoms with E-state index < -0.39 is 23.7 Å². The molecule has 2 amide bonds. The zero-order valence-corrected chi connectivity index (χ0v) is 16.4. The number of hydrogen-bond acceptors (Lipinski definition) is 4. The maximum absolute atomic E-state index is 12.9. The van der Waals surface area contributed by atoms with Gasteiger partial charge in [0.25, 0.3) is 11.8 Å². The van der Waals surface area contributed by atoms with Crippen LogP contribution in [-0.2, 0) is 4.79 Å². The van der Waals surface area contributed by atoms with E-state index in [0.717, 1.165) is 0 Å². The molecule has 29 heavy (non-hydrogen) atoms. The van der Waals surface area contributed by atoms with Crippen molar-refractivity contribution in [2.75, 3.05) is 0 Å². The molecule has 0 saturated carbocycles. The molecule has 2 N–H and O–H groups in total. The van der Waals surface area contributed by atoms with E-state index in [1.54, 1.807) is 19.1 Å². The largest absolute Gasteiger partial charge is 0.481 e. The second kappa shape index (κ2) is 8.74. The maximum Gasteiger partial charge on any atom is 0.279 e. The first kappa shape index (κ1) is 20.3. The van der Waals surface area contributed by atoms with Gasteiger partial charge in [0.1, 0.15) is 22.3 Å². The third-order valence-electron chi connectivity index (χ3n) is 4.03. The van der Waals surface area contributed by atoms with Crippen molar-refractivity contribution in [2.24, 2.45) is 0 Å². The molecule has 0 aliphatic carbocycles. The smallest absolute Gasteiger partial charge is 0.279 e. The molecule has 9 heteroatoms. The van der Waals surface area contributed by atoms with Crippen LogP contribution in [0.15, 0.2) is 54.6 Å². The predicted molar refractivity (Wildman–Crippen MR) is 105 cm³/mol. The Morgan fingerprint density at radius 2 is 1.76 bits per heavy atom. The van der Waals surface area contributed by atoms with Gasteiger partial charge in [-0.25, -0.2) is 9.07 Å². The monoisotopic (exact) mass is 416 g/mol. The number of aryl methyl sites for hydroxylation is 1. The molecule has 7 nitrogen and oxygen atoms in total. The topological polar surface area (TPSA) is 85.3 Å². The van der Waals surface area contributed by atoms with Crippen molar-refractivity contribution in [2.45, 2.75) is 20.0 Å². The number of hydrazine groups is 1. The SMILES string of the molecule is Cc1nn(-c2ccccc2)c(Cl)c1C(=O)NNC(=O)C(C)Oc1ccc(F)cc1. The number of hydrogen-bond donors (Lipinski definition) is 2. The summed E-state index contributed by atoms with van der Waals surface area (Å²) in [6.07, 6.45) is -0.927. The van der Waals surface area contributed by atoms with Crippen LogP contribution in [-0.4, -0.2) is 27.7 Å². The van der Waals surface area contributed by atoms with E-state index in [4.69, 9.17) is 16.3 Å². The van der Waals surface area contributed by atoms with Crippen molar-refractivity contribution >= 4 is 23.4 Å². The van der Waals surface area contributed by atoms with Gasteiger partial charge in [0.2, 0.25) is 0 Å². The molecule has 0 aliphatic rings. The molecule has 0 aliphatic heterocycles. The van der Waals surface area contributed by atoms with E-state index >= 15 is 0 Å². The van der Waals surface area contributed by atoms with Crippen LogP contribution in [0.5, 0.6) is 5.75 Å². The number of carbonyl (C=O) groups is 2. The highest BCUT2D eigenvalue weighted by Crippen LogP contribution is 2.23. The van der Waals surface area contributed by atoms with Gasteiger partial charge in [-0.15, -0.1) is 0 Å². The van der Waals surface area contributed by atoms with Gasteiger partial charge in [0, 0.05) is 0 Å². The molecule has 0 bridgehead atoms. The summed E-state index contributed by atoms with van der Waals surface area (Å²) in [6, 6.07) is 14.3. The van der Waals surface area contributed by atoms with Crippen molar-refractivity contribution in [3.05, 3.63) is 76.8 Å². The van der Waals surface area contributed by atoms with Gasteiger partial charge in [0.15, 0.2) is 6.10 Å². The van der Waals surface area contributed by atoms with E-state index in [-0.39, 0.29) is 10.7 Å². The van der Waals surface area contributed by atoms with Gasteiger partial charge in [-0.2, -0.15) is 5.10 Å². The van der Waals surface area contributed by atoms with Crippen LogP contribution in [0.4, 0.5) is 4.39 Å². The molecule has 1 heterocycles. The van der Waals surface area contributed by atoms with E-state index in [1.807, 2.05) is 18.2 Å². The second-order valence-electron chi connectivity index (χ2n) is 6.16. The van der Waals surface area contributed by atoms with Gasteiger partial charge in [-0.05, 0) is 50.2 Å². The molecule has 150 valence electrons. The van der Waals surface area contributed by atoms with Gasteiger partial charge < -0.3 is 4.74 Å². The highest BCUT2D eigenvalue weighted by molar-refractivity contribution is 6.33. The number of rotatable bonds is 5. The molecule has 3 aromatic rings. The van der Waals surface area contributed by atoms with E-state index in [0.29, 0.717) is 17.1 Å². The fraction of sp³-hybridized carbons (Fsp3) is 0.150. The summed E-state index contributed by atoms with van der Waals surface area (Å²) in [5, 5.41) is 4.40. The number of ether oxygens (including phenoxy) is 1. The van der Waals surface area contributed by atoms with Gasteiger partial charge >= 0.3 is 0 Å². The first-order valence-electron chi connectivity index (χ1n) is 8.69. The van der Waals surface area contributed by atoms with Crippen molar-refractivity contribution in [1.29, 1.82) is 0 Å². The highest BCUT2D eigenvalue weighted by Gasteiger charge is 2.22. The molecular formula is C20H18ClFN4O3. The Morgan fingerprint density at radius 3 is 2.41 bits per heavy atom. The predicted octanol–water partition coefficient (Wildman–Crippen LogP) is 3.20. The van der Waals surface area contributed by atoms with Crippen LogP contribution < -0.4 is 15.6 Å². The number of nitrogens with one attached hydrogen (secondary N) is 2. The number of para-hydroxylation sites is 1. The maximum atomic E-state index is 12.9. The lowest BCUT2D eigenvalue weighted by Gasteiger charge is -2.15. The van der Waals surface area contributed by atoms with Crippen LogP contribution in [0.25, 0.3) is 5.69 Å². The normalized spacial score (nSPS) is 11.6. The highest BCUT2D eigenvalue weighted by atomic mass is 35.5. The molecule has 3 rings (SSSR count). The number of nitrogens with zero attached hydrogens (tertiary/aromatic N) is 2. The Balaban J connectivity index is 1.64. The van der Waals surface area contributed by atoms with Crippen molar-refractivity contribution in [3.8, 4) is 11.4 Å². The minimum Gasteiger partial charge on any atom is -0.481 e. The first-order chi connectivity index (χ1) is 13.9. The lowest BCUT2D eigenvalue weighted by Crippen LogP contribution is -2.47. The van der Waals surface area contributed by atoms with Gasteiger partial charge in [-0.3, -0.25) is 20.4 Å². The lowest BCUT2D eigenvalue weighted by atomic mass is 10.2. The molecule has 1 unspecified atom stereocenters. The van der Waals surface area contributed by atoms with Crippen LogP contribution in [0.3, 0.4) is 0 Å². The fourth-order valence-corrected chi connectivity index (χ4v) is 2.91. The summed E-state index contributed by atoms with van der Waals surface area (Å²) < 4.78 is 19.8. The average molecular weight is 417 g/mol. The van der Waals surface area contributed by atoms with Crippen LogP contribution in [0.1, 0.15) is 23.0 Å². The number of benzene rings is 2. The van der Waals surface area contributed by atoms with E-state index in [1.165, 1.54) is 35.9 Å². The molecule has 0 spiro atoms. The number of aromatic nitrogens is 2. The van der Waals surface area contributed by atoms with Crippen molar-refractivity contribution < 1.29 is 18.7 Å². The quantitative estimate of drug-likeness (QED) is 0.625. The summed E-state index contributed by atoms with van der Waals surface area (Å²) in [5.74, 6) is -1.29. The fourth-order valence-electron chi connectivity index (χ4n) is 2.55. The van der Waals surface area contributed by atoms with Crippen LogP contribution >= 0.6 is 11.6 Å². The summed E-state index contributed by atoms with van der Waals surface area (Å²) in [5.41, 5.74) is 5.83. The number of amides is 2. The van der Waals surface area contributed by atoms with E-state index in [9.17, 15) is 14.0 Å². The Bertz CT molecular complexity index is 1020. The standard InChI is InChI=1S/C20H18ClFN4O3/c1-12-17(18(21)26(25-12)15-6-4-3-5-7-15)20(28)24-23-19(27)13(2)29-16-10-8-14(22)9-11-16/h3-11,13H,1-2H3,(H,23,27)(H,24,28). The average Bonchev–Trinajstić information content (AvgIpc) is 3.02. The molecule has 0 fully saturated rings. The number of carbonyl (C=O) groups excluding carboxylic acids is 2. The zero-order valence-electron chi connectivity index (χ0n) is 15.6. The minimum atomic E-state index is -0.927. The summed E-state index contributed by atoms with van der Waals surface area (Å²) in [4.78, 5) is 24.7. The van der Waals surface area contributed by atoms with Crippen molar-refractivity contribution in [1.82, 2.24) is 20.6 Å². The summed E-state index contributed by atoms with van der Waals surface area (Å²) in [6.45, 7) is 3.14. The van der Waals surface area contributed by atoms with Crippen molar-refractivity contribution in [3.63, 3.8) is 0 Å². The number of halogens is 2. The summed E-state index contributed by atoms with van der Waals surface area (Å²) in [7, 11) is 0. The summed E-state index contributed by atoms with van der Waals surface area (Å²) >= 11 is 6.33. The molecule has 0 radical (unpaired) electrons. The van der Waals surface area contributed by atoms with E-state index in [2.05, 4.69) is 16.0 Å². The zero-order chi connectivity index (χ0) is 21.0. The van der Waals surface area contributed by atoms with Gasteiger partial charge in [0.05, 0.1) is 11.4 Å². The Hall–Kier alpha value is -3.39. The molecule has 1 aromatic heterocycles. The second-order valence-corrected chi connectivity index (χ2v) is 6.51. The third-order valence-corrected chi connectivity index (χ3v) is 4.38.